The van der Waals surface area contributed by atoms with Gasteiger partial charge in [-0.15, -0.1) is 0 Å². The van der Waals surface area contributed by atoms with Crippen LogP contribution >= 0.6 is 0 Å². The lowest BCUT2D eigenvalue weighted by atomic mass is 10.1. The van der Waals surface area contributed by atoms with E-state index in [1.165, 1.54) is 30.3 Å². The molecule has 0 saturated heterocycles. The van der Waals surface area contributed by atoms with Crippen molar-refractivity contribution < 1.29 is 18.0 Å². The Bertz CT molecular complexity index is 1900. The van der Waals surface area contributed by atoms with E-state index >= 15 is 0 Å². The third kappa shape index (κ3) is 6.91. The van der Waals surface area contributed by atoms with Gasteiger partial charge in [0, 0.05) is 22.4 Å². The molecule has 206 valence electrons. The number of carbonyl (C=O) groups excluding carboxylic acids is 2. The van der Waals surface area contributed by atoms with Gasteiger partial charge in [-0.3, -0.25) is 9.59 Å². The number of amides is 2. The second-order valence-corrected chi connectivity index (χ2v) is 10.8. The van der Waals surface area contributed by atoms with Gasteiger partial charge in [0.15, 0.2) is 0 Å². The maximum atomic E-state index is 13.6. The number of sulfonamides is 1. The van der Waals surface area contributed by atoms with Crippen LogP contribution in [0, 0.1) is 11.8 Å². The quantitative estimate of drug-likeness (QED) is 0.202. The highest BCUT2D eigenvalue weighted by atomic mass is 32.2. The number of anilines is 3. The largest absolute Gasteiger partial charge is 0.355 e. The van der Waals surface area contributed by atoms with Gasteiger partial charge in [0.05, 0.1) is 16.9 Å². The van der Waals surface area contributed by atoms with Gasteiger partial charge in [0.2, 0.25) is 0 Å². The molecule has 5 rings (SSSR count). The van der Waals surface area contributed by atoms with Crippen LogP contribution in [0.5, 0.6) is 0 Å². The summed E-state index contributed by atoms with van der Waals surface area (Å²) in [5.41, 5.74) is 3.26. The molecule has 0 unspecified atom stereocenters. The average Bonchev–Trinajstić information content (AvgIpc) is 3.01. The van der Waals surface area contributed by atoms with E-state index in [1.807, 2.05) is 60.7 Å². The monoisotopic (exact) mass is 571 g/mol. The molecule has 0 heterocycles. The molecule has 42 heavy (non-hydrogen) atoms. The van der Waals surface area contributed by atoms with Crippen LogP contribution in [0.4, 0.5) is 17.1 Å². The molecule has 0 bridgehead atoms. The zero-order valence-electron chi connectivity index (χ0n) is 22.2. The molecule has 0 aliphatic rings. The fourth-order valence-corrected chi connectivity index (χ4v) is 5.22. The Morgan fingerprint density at radius 1 is 0.571 bits per heavy atom. The molecule has 0 fully saturated rings. The van der Waals surface area contributed by atoms with Crippen LogP contribution in [0.3, 0.4) is 0 Å². The molecule has 5 aromatic carbocycles. The van der Waals surface area contributed by atoms with Crippen molar-refractivity contribution in [3.05, 3.63) is 156 Å². The number of para-hydroxylation sites is 2. The SMILES string of the molecule is O=C(NS(=O)(=O)c1ccccc1NC(=O)c1ccc(C#Cc2ccccc2)cc1Nc1ccccc1)c1ccccc1. The predicted octanol–water partition coefficient (Wildman–Crippen LogP) is 6.20. The lowest BCUT2D eigenvalue weighted by molar-refractivity contribution is 0.0980. The van der Waals surface area contributed by atoms with Gasteiger partial charge in [0.1, 0.15) is 4.90 Å². The van der Waals surface area contributed by atoms with E-state index in [2.05, 4.69) is 27.2 Å². The Labute approximate surface area is 244 Å². The molecule has 0 atom stereocenters. The minimum absolute atomic E-state index is 0.0227. The van der Waals surface area contributed by atoms with Gasteiger partial charge in [-0.1, -0.05) is 78.6 Å². The minimum atomic E-state index is -4.31. The van der Waals surface area contributed by atoms with Crippen molar-refractivity contribution in [1.29, 1.82) is 0 Å². The summed E-state index contributed by atoms with van der Waals surface area (Å²) in [6.07, 6.45) is 0. The number of hydrogen-bond donors (Lipinski definition) is 3. The van der Waals surface area contributed by atoms with Crippen molar-refractivity contribution in [3.63, 3.8) is 0 Å². The van der Waals surface area contributed by atoms with Crippen LogP contribution in [-0.4, -0.2) is 20.2 Å². The van der Waals surface area contributed by atoms with Gasteiger partial charge in [-0.05, 0) is 66.7 Å². The normalized spacial score (nSPS) is 10.6. The van der Waals surface area contributed by atoms with Gasteiger partial charge >= 0.3 is 0 Å². The second-order valence-electron chi connectivity index (χ2n) is 9.12. The zero-order chi connectivity index (χ0) is 29.4. The molecule has 0 saturated carbocycles. The fourth-order valence-electron chi connectivity index (χ4n) is 4.09. The predicted molar refractivity (Wildman–Crippen MR) is 164 cm³/mol. The van der Waals surface area contributed by atoms with Crippen LogP contribution in [0.2, 0.25) is 0 Å². The second kappa shape index (κ2) is 12.7. The van der Waals surface area contributed by atoms with E-state index in [-0.39, 0.29) is 21.7 Å². The Hall–Kier alpha value is -5.65. The summed E-state index contributed by atoms with van der Waals surface area (Å²) in [5.74, 6) is 4.91. The summed E-state index contributed by atoms with van der Waals surface area (Å²) in [6, 6.07) is 37.9. The number of rotatable bonds is 7. The molecule has 2 amide bonds. The summed E-state index contributed by atoms with van der Waals surface area (Å²) in [6.45, 7) is 0. The third-order valence-electron chi connectivity index (χ3n) is 6.13. The number of benzene rings is 5. The van der Waals surface area contributed by atoms with Crippen LogP contribution in [0.1, 0.15) is 31.8 Å². The Balaban J connectivity index is 1.44. The van der Waals surface area contributed by atoms with Crippen molar-refractivity contribution in [1.82, 2.24) is 4.72 Å². The highest BCUT2D eigenvalue weighted by Crippen LogP contribution is 2.26. The van der Waals surface area contributed by atoms with Crippen LogP contribution in [0.25, 0.3) is 0 Å². The fraction of sp³-hybridized carbons (Fsp3) is 0. The molecular formula is C34H25N3O4S. The summed E-state index contributed by atoms with van der Waals surface area (Å²) >= 11 is 0. The van der Waals surface area contributed by atoms with E-state index in [1.54, 1.807) is 42.5 Å². The number of nitrogens with one attached hydrogen (secondary N) is 3. The van der Waals surface area contributed by atoms with E-state index in [0.717, 1.165) is 11.3 Å². The van der Waals surface area contributed by atoms with E-state index in [4.69, 9.17) is 0 Å². The van der Waals surface area contributed by atoms with Crippen LogP contribution in [0.15, 0.2) is 138 Å². The van der Waals surface area contributed by atoms with E-state index in [0.29, 0.717) is 11.3 Å². The molecule has 0 radical (unpaired) electrons. The Morgan fingerprint density at radius 2 is 1.17 bits per heavy atom. The zero-order valence-corrected chi connectivity index (χ0v) is 23.1. The summed E-state index contributed by atoms with van der Waals surface area (Å²) in [5, 5.41) is 5.97. The smallest absolute Gasteiger partial charge is 0.266 e. The first kappa shape index (κ1) is 27.9. The molecule has 8 heteroatoms. The van der Waals surface area contributed by atoms with Gasteiger partial charge < -0.3 is 10.6 Å². The summed E-state index contributed by atoms with van der Waals surface area (Å²) in [7, 11) is -4.31. The molecule has 0 aliphatic carbocycles. The number of hydrogen-bond acceptors (Lipinski definition) is 5. The maximum absolute atomic E-state index is 13.6. The van der Waals surface area contributed by atoms with E-state index < -0.39 is 21.8 Å². The lowest BCUT2D eigenvalue weighted by Crippen LogP contribution is -2.31. The van der Waals surface area contributed by atoms with Crippen molar-refractivity contribution >= 4 is 38.9 Å². The standard InChI is InChI=1S/C34H25N3O4S/c38-33(27-14-6-2-7-15-27)37-42(40,41)32-19-11-10-18-30(32)36-34(39)29-23-22-26(21-20-25-12-4-1-5-13-25)24-31(29)35-28-16-8-3-9-17-28/h1-19,22-24,35H,(H,36,39)(H,37,38). The highest BCUT2D eigenvalue weighted by Gasteiger charge is 2.23. The first-order valence-electron chi connectivity index (χ1n) is 12.9. The molecule has 7 nitrogen and oxygen atoms in total. The molecule has 0 aromatic heterocycles. The molecule has 0 aliphatic heterocycles. The minimum Gasteiger partial charge on any atom is -0.355 e. The number of carbonyl (C=O) groups is 2. The molecule has 0 spiro atoms. The third-order valence-corrected chi connectivity index (χ3v) is 7.52. The Morgan fingerprint density at radius 3 is 1.88 bits per heavy atom. The lowest BCUT2D eigenvalue weighted by Gasteiger charge is -2.15. The topological polar surface area (TPSA) is 104 Å². The van der Waals surface area contributed by atoms with Crippen molar-refractivity contribution in [2.24, 2.45) is 0 Å². The maximum Gasteiger partial charge on any atom is 0.266 e. The summed E-state index contributed by atoms with van der Waals surface area (Å²) < 4.78 is 28.4. The first-order chi connectivity index (χ1) is 20.4. The van der Waals surface area contributed by atoms with Crippen molar-refractivity contribution in [2.75, 3.05) is 10.6 Å². The molecule has 3 N–H and O–H groups in total. The Kier molecular flexibility index (Phi) is 8.42. The van der Waals surface area contributed by atoms with Gasteiger partial charge in [-0.2, -0.15) is 0 Å². The molecular weight excluding hydrogens is 546 g/mol. The van der Waals surface area contributed by atoms with Gasteiger partial charge in [0.25, 0.3) is 21.8 Å². The van der Waals surface area contributed by atoms with Crippen molar-refractivity contribution in [2.45, 2.75) is 4.90 Å². The van der Waals surface area contributed by atoms with Crippen LogP contribution < -0.4 is 15.4 Å². The van der Waals surface area contributed by atoms with Crippen molar-refractivity contribution in [3.8, 4) is 11.8 Å². The van der Waals surface area contributed by atoms with Gasteiger partial charge in [-0.25, -0.2) is 13.1 Å². The van der Waals surface area contributed by atoms with Crippen LogP contribution in [-0.2, 0) is 10.0 Å². The highest BCUT2D eigenvalue weighted by molar-refractivity contribution is 7.90. The summed E-state index contributed by atoms with van der Waals surface area (Å²) in [4.78, 5) is 25.9. The average molecular weight is 572 g/mol. The molecule has 5 aromatic rings. The van der Waals surface area contributed by atoms with E-state index in [9.17, 15) is 18.0 Å². The first-order valence-corrected chi connectivity index (χ1v) is 14.4.